The Hall–Kier alpha value is -2.21. The van der Waals surface area contributed by atoms with Crippen molar-refractivity contribution in [2.45, 2.75) is 13.0 Å². The fourth-order valence-corrected chi connectivity index (χ4v) is 1.26. The lowest BCUT2D eigenvalue weighted by Gasteiger charge is -2.08. The molecule has 0 saturated carbocycles. The van der Waals surface area contributed by atoms with E-state index in [1.54, 1.807) is 19.1 Å². The number of carbonyl (C=O) groups is 1. The van der Waals surface area contributed by atoms with E-state index in [0.717, 1.165) is 0 Å². The van der Waals surface area contributed by atoms with E-state index in [1.807, 2.05) is 0 Å². The van der Waals surface area contributed by atoms with Gasteiger partial charge in [-0.3, -0.25) is 14.9 Å². The number of nitrogens with two attached hydrogens (primary N) is 1. The van der Waals surface area contributed by atoms with Crippen LogP contribution >= 0.6 is 0 Å². The Bertz CT molecular complexity index is 471. The highest BCUT2D eigenvalue weighted by Crippen LogP contribution is 2.13. The van der Waals surface area contributed by atoms with Crippen LogP contribution in [0.25, 0.3) is 6.08 Å². The monoisotopic (exact) mass is 249 g/mol. The normalized spacial score (nSPS) is 12.3. The van der Waals surface area contributed by atoms with Gasteiger partial charge in [-0.2, -0.15) is 0 Å². The predicted molar refractivity (Wildman–Crippen MR) is 68.8 cm³/mol. The van der Waals surface area contributed by atoms with E-state index in [0.29, 0.717) is 12.1 Å². The first kappa shape index (κ1) is 13.9. The number of hydrogen-bond acceptors (Lipinski definition) is 4. The molecule has 0 radical (unpaired) electrons. The molecule has 1 aromatic rings. The van der Waals surface area contributed by atoms with Crippen LogP contribution in [-0.2, 0) is 4.79 Å². The van der Waals surface area contributed by atoms with Gasteiger partial charge in [0.05, 0.1) is 4.92 Å². The molecule has 0 aromatic heterocycles. The largest absolute Gasteiger partial charge is 0.349 e. The summed E-state index contributed by atoms with van der Waals surface area (Å²) in [6.07, 6.45) is 2.84. The van der Waals surface area contributed by atoms with E-state index in [-0.39, 0.29) is 17.6 Å². The van der Waals surface area contributed by atoms with E-state index in [2.05, 4.69) is 5.32 Å². The number of benzene rings is 1. The first-order chi connectivity index (χ1) is 8.52. The van der Waals surface area contributed by atoms with Gasteiger partial charge in [-0.15, -0.1) is 0 Å². The van der Waals surface area contributed by atoms with Gasteiger partial charge in [0.25, 0.3) is 5.69 Å². The zero-order valence-corrected chi connectivity index (χ0v) is 10.00. The fourth-order valence-electron chi connectivity index (χ4n) is 1.26. The molecule has 18 heavy (non-hydrogen) atoms. The average Bonchev–Trinajstić information content (AvgIpc) is 2.36. The predicted octanol–water partition coefficient (Wildman–Crippen LogP) is 1.07. The summed E-state index contributed by atoms with van der Waals surface area (Å²) in [5.41, 5.74) is 5.96. The van der Waals surface area contributed by atoms with E-state index in [4.69, 9.17) is 5.73 Å². The lowest BCUT2D eigenvalue weighted by molar-refractivity contribution is -0.384. The second-order valence-corrected chi connectivity index (χ2v) is 3.83. The van der Waals surface area contributed by atoms with Crippen molar-refractivity contribution in [1.82, 2.24) is 5.32 Å². The van der Waals surface area contributed by atoms with Crippen LogP contribution < -0.4 is 11.1 Å². The summed E-state index contributed by atoms with van der Waals surface area (Å²) < 4.78 is 0. The number of nitro benzene ring substituents is 1. The first-order valence-electron chi connectivity index (χ1n) is 5.46. The standard InChI is InChI=1S/C12H15N3O3/c1-9(8-13)14-12(16)6-5-10-3-2-4-11(7-10)15(17)18/h2-7,9H,8,13H2,1H3,(H,14,16)/b6-5+/t9-/m1/s1. The quantitative estimate of drug-likeness (QED) is 0.463. The van der Waals surface area contributed by atoms with E-state index in [9.17, 15) is 14.9 Å². The summed E-state index contributed by atoms with van der Waals surface area (Å²) in [5, 5.41) is 13.2. The lowest BCUT2D eigenvalue weighted by atomic mass is 10.2. The molecule has 0 aliphatic carbocycles. The summed E-state index contributed by atoms with van der Waals surface area (Å²) in [6.45, 7) is 2.15. The zero-order chi connectivity index (χ0) is 13.5. The SMILES string of the molecule is C[C@H](CN)NC(=O)/C=C/c1cccc([N+](=O)[O-])c1. The van der Waals surface area contributed by atoms with Crippen LogP contribution in [0.1, 0.15) is 12.5 Å². The van der Waals surface area contributed by atoms with Crippen LogP contribution in [0.4, 0.5) is 5.69 Å². The molecule has 1 atom stereocenters. The molecule has 0 bridgehead atoms. The molecule has 0 heterocycles. The molecular formula is C12H15N3O3. The van der Waals surface area contributed by atoms with Gasteiger partial charge in [-0.1, -0.05) is 12.1 Å². The van der Waals surface area contributed by atoms with Crippen molar-refractivity contribution in [3.63, 3.8) is 0 Å². The minimum atomic E-state index is -0.478. The van der Waals surface area contributed by atoms with Gasteiger partial charge in [0, 0.05) is 30.8 Å². The number of nitrogens with one attached hydrogen (secondary N) is 1. The van der Waals surface area contributed by atoms with Crippen LogP contribution in [0.15, 0.2) is 30.3 Å². The van der Waals surface area contributed by atoms with Crippen molar-refractivity contribution in [3.8, 4) is 0 Å². The number of carbonyl (C=O) groups excluding carboxylic acids is 1. The molecule has 0 fully saturated rings. The maximum Gasteiger partial charge on any atom is 0.270 e. The third kappa shape index (κ3) is 4.34. The van der Waals surface area contributed by atoms with Gasteiger partial charge in [-0.25, -0.2) is 0 Å². The Balaban J connectivity index is 2.69. The summed E-state index contributed by atoms with van der Waals surface area (Å²) in [7, 11) is 0. The average molecular weight is 249 g/mol. The van der Waals surface area contributed by atoms with E-state index >= 15 is 0 Å². The molecule has 6 nitrogen and oxygen atoms in total. The number of nitro groups is 1. The van der Waals surface area contributed by atoms with Crippen molar-refractivity contribution in [2.75, 3.05) is 6.54 Å². The molecule has 0 aliphatic rings. The highest BCUT2D eigenvalue weighted by atomic mass is 16.6. The highest BCUT2D eigenvalue weighted by Gasteiger charge is 2.04. The van der Waals surface area contributed by atoms with E-state index in [1.165, 1.54) is 24.3 Å². The van der Waals surface area contributed by atoms with Gasteiger partial charge >= 0.3 is 0 Å². The Morgan fingerprint density at radius 3 is 2.94 bits per heavy atom. The van der Waals surface area contributed by atoms with Crippen molar-refractivity contribution >= 4 is 17.7 Å². The Kier molecular flexibility index (Phi) is 5.01. The van der Waals surface area contributed by atoms with Gasteiger partial charge in [0.2, 0.25) is 5.91 Å². The van der Waals surface area contributed by atoms with Gasteiger partial charge in [-0.05, 0) is 18.6 Å². The van der Waals surface area contributed by atoms with Crippen LogP contribution in [0.2, 0.25) is 0 Å². The van der Waals surface area contributed by atoms with Gasteiger partial charge in [0.1, 0.15) is 0 Å². The summed E-state index contributed by atoms with van der Waals surface area (Å²) >= 11 is 0. The lowest BCUT2D eigenvalue weighted by Crippen LogP contribution is -2.36. The Labute approximate surface area is 105 Å². The van der Waals surface area contributed by atoms with Gasteiger partial charge < -0.3 is 11.1 Å². The molecule has 0 aliphatic heterocycles. The summed E-state index contributed by atoms with van der Waals surface area (Å²) in [4.78, 5) is 21.5. The maximum absolute atomic E-state index is 11.4. The van der Waals surface area contributed by atoms with Gasteiger partial charge in [0.15, 0.2) is 0 Å². The molecule has 6 heteroatoms. The molecule has 0 saturated heterocycles. The number of non-ortho nitro benzene ring substituents is 1. The maximum atomic E-state index is 11.4. The smallest absolute Gasteiger partial charge is 0.270 e. The van der Waals surface area contributed by atoms with Crippen LogP contribution in [0.3, 0.4) is 0 Å². The second-order valence-electron chi connectivity index (χ2n) is 3.83. The number of nitrogens with zero attached hydrogens (tertiary/aromatic N) is 1. The van der Waals surface area contributed by atoms with Crippen LogP contribution in [0, 0.1) is 10.1 Å². The molecule has 1 rings (SSSR count). The van der Waals surface area contributed by atoms with E-state index < -0.39 is 4.92 Å². The molecule has 1 aromatic carbocycles. The number of amides is 1. The molecule has 96 valence electrons. The van der Waals surface area contributed by atoms with Crippen molar-refractivity contribution < 1.29 is 9.72 Å². The topological polar surface area (TPSA) is 98.3 Å². The fraction of sp³-hybridized carbons (Fsp3) is 0.250. The summed E-state index contributed by atoms with van der Waals surface area (Å²) in [6, 6.07) is 5.94. The minimum absolute atomic E-state index is 0.00659. The zero-order valence-electron chi connectivity index (χ0n) is 10.00. The minimum Gasteiger partial charge on any atom is -0.349 e. The molecule has 3 N–H and O–H groups in total. The number of rotatable bonds is 5. The molecule has 1 amide bonds. The number of hydrogen-bond donors (Lipinski definition) is 2. The Morgan fingerprint density at radius 2 is 2.33 bits per heavy atom. The third-order valence-corrected chi connectivity index (χ3v) is 2.25. The third-order valence-electron chi connectivity index (χ3n) is 2.25. The van der Waals surface area contributed by atoms with Crippen LogP contribution in [-0.4, -0.2) is 23.4 Å². The summed E-state index contributed by atoms with van der Waals surface area (Å²) in [5.74, 6) is -0.278. The van der Waals surface area contributed by atoms with Crippen LogP contribution in [0.5, 0.6) is 0 Å². The molecule has 0 spiro atoms. The van der Waals surface area contributed by atoms with Crippen molar-refractivity contribution in [1.29, 1.82) is 0 Å². The molecular weight excluding hydrogens is 234 g/mol. The highest BCUT2D eigenvalue weighted by molar-refractivity contribution is 5.91. The Morgan fingerprint density at radius 1 is 1.61 bits per heavy atom. The first-order valence-corrected chi connectivity index (χ1v) is 5.46. The second kappa shape index (κ2) is 6.51. The van der Waals surface area contributed by atoms with Crippen molar-refractivity contribution in [2.24, 2.45) is 5.73 Å². The van der Waals surface area contributed by atoms with Crippen molar-refractivity contribution in [3.05, 3.63) is 46.0 Å². The molecule has 0 unspecified atom stereocenters.